The van der Waals surface area contributed by atoms with E-state index in [-0.39, 0.29) is 11.5 Å². The highest BCUT2D eigenvalue weighted by Gasteiger charge is 2.30. The van der Waals surface area contributed by atoms with Gasteiger partial charge in [0.2, 0.25) is 0 Å². The quantitative estimate of drug-likeness (QED) is 0.401. The first-order valence-corrected chi connectivity index (χ1v) is 12.4. The fraction of sp³-hybridized carbons (Fsp3) is 0.310. The van der Waals surface area contributed by atoms with Crippen LogP contribution in [0.25, 0.3) is 0 Å². The molecule has 0 aliphatic carbocycles. The zero-order chi connectivity index (χ0) is 26.4. The predicted molar refractivity (Wildman–Crippen MR) is 139 cm³/mol. The molecule has 3 aromatic rings. The molecule has 0 aromatic heterocycles. The molecule has 0 unspecified atom stereocenters. The molecule has 0 radical (unpaired) electrons. The van der Waals surface area contributed by atoms with E-state index >= 15 is 0 Å². The topological polar surface area (TPSA) is 61.4 Å². The number of carbonyl (C=O) groups excluding carboxylic acids is 2. The summed E-state index contributed by atoms with van der Waals surface area (Å²) in [6, 6.07) is 19.1. The number of hydrogen-bond donors (Lipinski definition) is 2. The molecule has 37 heavy (non-hydrogen) atoms. The molecule has 5 nitrogen and oxygen atoms in total. The SMILES string of the molecule is CC1CCN(c2ccc(NC(=O)c3ccc(C(F)(F)F)cc3)cc2C(=O)NCCc2ccccc2)CC1. The molecule has 2 amide bonds. The van der Waals surface area contributed by atoms with Crippen LogP contribution in [-0.2, 0) is 12.6 Å². The van der Waals surface area contributed by atoms with Gasteiger partial charge in [0.15, 0.2) is 0 Å². The van der Waals surface area contributed by atoms with Crippen molar-refractivity contribution < 1.29 is 22.8 Å². The molecule has 1 aliphatic heterocycles. The Hall–Kier alpha value is -3.81. The summed E-state index contributed by atoms with van der Waals surface area (Å²) in [7, 11) is 0. The lowest BCUT2D eigenvalue weighted by molar-refractivity contribution is -0.137. The third-order valence-electron chi connectivity index (χ3n) is 6.64. The third-order valence-corrected chi connectivity index (χ3v) is 6.64. The van der Waals surface area contributed by atoms with E-state index in [1.807, 2.05) is 36.4 Å². The predicted octanol–water partition coefficient (Wildman–Crippen LogP) is 6.17. The Bertz CT molecular complexity index is 1220. The number of hydrogen-bond acceptors (Lipinski definition) is 3. The Morgan fingerprint density at radius 1 is 0.919 bits per heavy atom. The van der Waals surface area contributed by atoms with E-state index in [0.717, 1.165) is 61.4 Å². The summed E-state index contributed by atoms with van der Waals surface area (Å²) in [6.45, 7) is 4.35. The number of halogens is 3. The van der Waals surface area contributed by atoms with Gasteiger partial charge in [-0.3, -0.25) is 9.59 Å². The number of rotatable bonds is 7. The Kier molecular flexibility index (Phi) is 8.16. The first-order valence-electron chi connectivity index (χ1n) is 12.4. The lowest BCUT2D eigenvalue weighted by Gasteiger charge is -2.33. The molecule has 0 spiro atoms. The molecule has 1 aliphatic rings. The molecule has 0 atom stereocenters. The Balaban J connectivity index is 1.51. The molecule has 1 fully saturated rings. The number of benzene rings is 3. The lowest BCUT2D eigenvalue weighted by atomic mass is 9.97. The van der Waals surface area contributed by atoms with Gasteiger partial charge in [-0.05, 0) is 73.2 Å². The van der Waals surface area contributed by atoms with Gasteiger partial charge in [0.1, 0.15) is 0 Å². The van der Waals surface area contributed by atoms with Crippen molar-refractivity contribution in [2.24, 2.45) is 5.92 Å². The van der Waals surface area contributed by atoms with Crippen LogP contribution in [0.3, 0.4) is 0 Å². The summed E-state index contributed by atoms with van der Waals surface area (Å²) in [5, 5.41) is 5.70. The van der Waals surface area contributed by atoms with Crippen LogP contribution in [-0.4, -0.2) is 31.4 Å². The first-order chi connectivity index (χ1) is 17.7. The zero-order valence-electron chi connectivity index (χ0n) is 20.6. The smallest absolute Gasteiger partial charge is 0.371 e. The maximum atomic E-state index is 13.2. The Labute approximate surface area is 214 Å². The summed E-state index contributed by atoms with van der Waals surface area (Å²) >= 11 is 0. The van der Waals surface area contributed by atoms with Gasteiger partial charge >= 0.3 is 6.18 Å². The summed E-state index contributed by atoms with van der Waals surface area (Å²) in [5.74, 6) is -0.166. The average Bonchev–Trinajstić information content (AvgIpc) is 2.89. The van der Waals surface area contributed by atoms with Crippen LogP contribution in [0, 0.1) is 5.92 Å². The lowest BCUT2D eigenvalue weighted by Crippen LogP contribution is -2.35. The van der Waals surface area contributed by atoms with E-state index in [1.54, 1.807) is 12.1 Å². The van der Waals surface area contributed by atoms with Crippen molar-refractivity contribution in [1.29, 1.82) is 0 Å². The van der Waals surface area contributed by atoms with Crippen molar-refractivity contribution in [2.45, 2.75) is 32.4 Å². The van der Waals surface area contributed by atoms with E-state index < -0.39 is 17.6 Å². The molecule has 1 saturated heterocycles. The van der Waals surface area contributed by atoms with Crippen LogP contribution < -0.4 is 15.5 Å². The highest BCUT2D eigenvalue weighted by Crippen LogP contribution is 2.30. The number of alkyl halides is 3. The minimum Gasteiger partial charge on any atom is -0.371 e. The molecule has 4 rings (SSSR count). The molecular weight excluding hydrogens is 479 g/mol. The number of anilines is 2. The van der Waals surface area contributed by atoms with Crippen LogP contribution >= 0.6 is 0 Å². The van der Waals surface area contributed by atoms with Crippen LogP contribution in [0.5, 0.6) is 0 Å². The fourth-order valence-electron chi connectivity index (χ4n) is 4.40. The molecule has 8 heteroatoms. The van der Waals surface area contributed by atoms with Crippen LogP contribution in [0.1, 0.15) is 51.6 Å². The second-order valence-electron chi connectivity index (χ2n) is 9.42. The minimum absolute atomic E-state index is 0.0935. The minimum atomic E-state index is -4.47. The highest BCUT2D eigenvalue weighted by atomic mass is 19.4. The van der Waals surface area contributed by atoms with Crippen molar-refractivity contribution in [1.82, 2.24) is 5.32 Å². The van der Waals surface area contributed by atoms with Crippen molar-refractivity contribution in [3.8, 4) is 0 Å². The second kappa shape index (κ2) is 11.5. The van der Waals surface area contributed by atoms with Gasteiger partial charge in [-0.2, -0.15) is 13.2 Å². The molecule has 194 valence electrons. The number of nitrogens with zero attached hydrogens (tertiary/aromatic N) is 1. The van der Waals surface area contributed by atoms with Gasteiger partial charge in [0.05, 0.1) is 11.1 Å². The molecular formula is C29H30F3N3O2. The Morgan fingerprint density at radius 2 is 1.59 bits per heavy atom. The van der Waals surface area contributed by atoms with Gasteiger partial charge in [0, 0.05) is 36.6 Å². The summed E-state index contributed by atoms with van der Waals surface area (Å²) in [4.78, 5) is 28.1. The third kappa shape index (κ3) is 6.90. The highest BCUT2D eigenvalue weighted by molar-refractivity contribution is 6.06. The van der Waals surface area contributed by atoms with Crippen LogP contribution in [0.2, 0.25) is 0 Å². The van der Waals surface area contributed by atoms with Gasteiger partial charge in [-0.15, -0.1) is 0 Å². The number of carbonyl (C=O) groups is 2. The van der Waals surface area contributed by atoms with Crippen LogP contribution in [0.4, 0.5) is 24.5 Å². The molecule has 2 N–H and O–H groups in total. The Morgan fingerprint density at radius 3 is 2.24 bits per heavy atom. The number of amides is 2. The van der Waals surface area contributed by atoms with Gasteiger partial charge in [0.25, 0.3) is 11.8 Å². The van der Waals surface area contributed by atoms with Crippen molar-refractivity contribution in [3.63, 3.8) is 0 Å². The van der Waals surface area contributed by atoms with Gasteiger partial charge < -0.3 is 15.5 Å². The maximum absolute atomic E-state index is 13.2. The molecule has 1 heterocycles. The van der Waals surface area contributed by atoms with Crippen molar-refractivity contribution in [3.05, 3.63) is 95.1 Å². The average molecular weight is 510 g/mol. The van der Waals surface area contributed by atoms with Gasteiger partial charge in [-0.25, -0.2) is 0 Å². The fourth-order valence-corrected chi connectivity index (χ4v) is 4.40. The summed E-state index contributed by atoms with van der Waals surface area (Å²) < 4.78 is 38.5. The maximum Gasteiger partial charge on any atom is 0.416 e. The number of nitrogens with one attached hydrogen (secondary N) is 2. The normalized spacial score (nSPS) is 14.3. The monoisotopic (exact) mass is 509 g/mol. The second-order valence-corrected chi connectivity index (χ2v) is 9.42. The van der Waals surface area contributed by atoms with Crippen molar-refractivity contribution >= 4 is 23.2 Å². The zero-order valence-corrected chi connectivity index (χ0v) is 20.6. The summed E-state index contributed by atoms with van der Waals surface area (Å²) in [5.41, 5.74) is 2.04. The van der Waals surface area contributed by atoms with Gasteiger partial charge in [-0.1, -0.05) is 37.3 Å². The van der Waals surface area contributed by atoms with Crippen molar-refractivity contribution in [2.75, 3.05) is 29.9 Å². The first kappa shape index (κ1) is 26.3. The van der Waals surface area contributed by atoms with E-state index in [0.29, 0.717) is 30.1 Å². The van der Waals surface area contributed by atoms with E-state index in [9.17, 15) is 22.8 Å². The van der Waals surface area contributed by atoms with E-state index in [4.69, 9.17) is 0 Å². The van der Waals surface area contributed by atoms with Crippen LogP contribution in [0.15, 0.2) is 72.8 Å². The standard InChI is InChI=1S/C29H30F3N3O2/c1-20-14-17-35(18-15-20)26-12-11-24(34-27(36)22-7-9-23(10-8-22)29(30,31)32)19-25(26)28(37)33-16-13-21-5-3-2-4-6-21/h2-12,19-20H,13-18H2,1H3,(H,33,37)(H,34,36). The van der Waals surface area contributed by atoms with E-state index in [1.165, 1.54) is 0 Å². The largest absolute Gasteiger partial charge is 0.416 e. The summed E-state index contributed by atoms with van der Waals surface area (Å²) in [6.07, 6.45) is -1.73. The van der Waals surface area contributed by atoms with E-state index in [2.05, 4.69) is 22.5 Å². The molecule has 0 saturated carbocycles. The number of piperidine rings is 1. The molecule has 0 bridgehead atoms. The molecule has 3 aromatic carbocycles.